The molecule has 2 rings (SSSR count). The van der Waals surface area contributed by atoms with E-state index in [1.54, 1.807) is 11.0 Å². The molecule has 0 atom stereocenters. The van der Waals surface area contributed by atoms with E-state index in [9.17, 15) is 9.90 Å². The van der Waals surface area contributed by atoms with Crippen LogP contribution in [0.4, 0.5) is 5.69 Å². The highest BCUT2D eigenvalue weighted by Gasteiger charge is 2.43. The number of β-amino-alcohol motifs (C(OH)–C–C–N with tert-alkyl or cyclic N) is 1. The number of hydrogen-bond donors (Lipinski definition) is 2. The molecule has 0 aromatic carbocycles. The monoisotopic (exact) mass is 254 g/mol. The van der Waals surface area contributed by atoms with Gasteiger partial charge in [-0.2, -0.15) is 0 Å². The number of amides is 1. The fourth-order valence-electron chi connectivity index (χ4n) is 2.19. The van der Waals surface area contributed by atoms with Gasteiger partial charge >= 0.3 is 0 Å². The molecule has 1 aliphatic rings. The minimum Gasteiger partial charge on any atom is -0.398 e. The summed E-state index contributed by atoms with van der Waals surface area (Å²) in [6, 6.07) is 1.72. The number of carbonyl (C=O) groups excluding carboxylic acids is 1. The number of aliphatic hydroxyl groups is 1. The number of likely N-dealkylation sites (tertiary alicyclic amines) is 1. The molecular weight excluding hydrogens is 236 g/mol. The molecule has 3 N–H and O–H groups in total. The van der Waals surface area contributed by atoms with Crippen molar-refractivity contribution in [1.82, 2.24) is 4.90 Å². The van der Waals surface area contributed by atoms with Crippen molar-refractivity contribution in [3.05, 3.63) is 15.8 Å². The Labute approximate surface area is 105 Å². The fraction of sp³-hybridized carbons (Fsp3) is 0.583. The van der Waals surface area contributed by atoms with Crippen molar-refractivity contribution in [3.63, 3.8) is 0 Å². The largest absolute Gasteiger partial charge is 0.398 e. The molecule has 1 aromatic rings. The van der Waals surface area contributed by atoms with Crippen LogP contribution in [-0.4, -0.2) is 34.6 Å². The SMILES string of the molecule is CCCC1(O)CN(C(=O)c2cc(N)c(C)s2)C1. The van der Waals surface area contributed by atoms with Gasteiger partial charge in [-0.25, -0.2) is 0 Å². The number of rotatable bonds is 3. The quantitative estimate of drug-likeness (QED) is 0.861. The predicted molar refractivity (Wildman–Crippen MR) is 69.2 cm³/mol. The molecule has 0 aliphatic carbocycles. The summed E-state index contributed by atoms with van der Waals surface area (Å²) in [6.07, 6.45) is 1.69. The van der Waals surface area contributed by atoms with E-state index >= 15 is 0 Å². The normalized spacial score (nSPS) is 17.9. The van der Waals surface area contributed by atoms with Gasteiger partial charge < -0.3 is 15.7 Å². The third-order valence-electron chi connectivity index (χ3n) is 3.14. The van der Waals surface area contributed by atoms with Crippen LogP contribution in [0.2, 0.25) is 0 Å². The maximum Gasteiger partial charge on any atom is 0.264 e. The van der Waals surface area contributed by atoms with Crippen molar-refractivity contribution in [2.75, 3.05) is 18.8 Å². The highest BCUT2D eigenvalue weighted by Crippen LogP contribution is 2.30. The average molecular weight is 254 g/mol. The van der Waals surface area contributed by atoms with Crippen LogP contribution in [0, 0.1) is 6.92 Å². The number of anilines is 1. The molecule has 17 heavy (non-hydrogen) atoms. The van der Waals surface area contributed by atoms with Crippen LogP contribution in [0.25, 0.3) is 0 Å². The summed E-state index contributed by atoms with van der Waals surface area (Å²) < 4.78 is 0. The number of nitrogen functional groups attached to an aromatic ring is 1. The van der Waals surface area contributed by atoms with Crippen LogP contribution in [0.3, 0.4) is 0 Å². The minimum atomic E-state index is -0.664. The minimum absolute atomic E-state index is 0.0180. The van der Waals surface area contributed by atoms with Crippen LogP contribution in [-0.2, 0) is 0 Å². The van der Waals surface area contributed by atoms with Crippen molar-refractivity contribution in [2.45, 2.75) is 32.3 Å². The third-order valence-corrected chi connectivity index (χ3v) is 4.19. The molecule has 1 aliphatic heterocycles. The molecule has 0 spiro atoms. The van der Waals surface area contributed by atoms with E-state index in [-0.39, 0.29) is 5.91 Å². The number of hydrogen-bond acceptors (Lipinski definition) is 4. The number of thiophene rings is 1. The van der Waals surface area contributed by atoms with Gasteiger partial charge in [0, 0.05) is 10.6 Å². The number of nitrogens with two attached hydrogens (primary N) is 1. The summed E-state index contributed by atoms with van der Waals surface area (Å²) in [5, 5.41) is 10.0. The van der Waals surface area contributed by atoms with E-state index < -0.39 is 5.60 Å². The molecule has 1 amide bonds. The Hall–Kier alpha value is -1.07. The Morgan fingerprint density at radius 1 is 1.65 bits per heavy atom. The Kier molecular flexibility index (Phi) is 3.14. The Bertz CT molecular complexity index is 416. The maximum atomic E-state index is 12.1. The summed E-state index contributed by atoms with van der Waals surface area (Å²) in [4.78, 5) is 15.4. The van der Waals surface area contributed by atoms with Gasteiger partial charge in [0.2, 0.25) is 0 Å². The lowest BCUT2D eigenvalue weighted by atomic mass is 9.89. The van der Waals surface area contributed by atoms with Crippen LogP contribution in [0.5, 0.6) is 0 Å². The fourth-order valence-corrected chi connectivity index (χ4v) is 3.10. The van der Waals surface area contributed by atoms with Gasteiger partial charge in [0.25, 0.3) is 5.91 Å². The molecule has 0 unspecified atom stereocenters. The summed E-state index contributed by atoms with van der Waals surface area (Å²) in [5.41, 5.74) is 5.73. The molecule has 4 nitrogen and oxygen atoms in total. The number of nitrogens with zero attached hydrogens (tertiary/aromatic N) is 1. The first-order valence-electron chi connectivity index (χ1n) is 5.83. The lowest BCUT2D eigenvalue weighted by Crippen LogP contribution is -2.63. The Balaban J connectivity index is 2.00. The van der Waals surface area contributed by atoms with Crippen molar-refractivity contribution in [1.29, 1.82) is 0 Å². The smallest absolute Gasteiger partial charge is 0.264 e. The highest BCUT2D eigenvalue weighted by molar-refractivity contribution is 7.14. The average Bonchev–Trinajstić information content (AvgIpc) is 2.55. The van der Waals surface area contributed by atoms with Crippen molar-refractivity contribution < 1.29 is 9.90 Å². The summed E-state index contributed by atoms with van der Waals surface area (Å²) in [6.45, 7) is 4.82. The topological polar surface area (TPSA) is 66.6 Å². The lowest BCUT2D eigenvalue weighted by Gasteiger charge is -2.46. The predicted octanol–water partition coefficient (Wildman–Crippen LogP) is 1.63. The van der Waals surface area contributed by atoms with Crippen molar-refractivity contribution >= 4 is 22.9 Å². The standard InChI is InChI=1S/C12H18N2O2S/c1-3-4-12(16)6-14(7-12)11(15)10-5-9(13)8(2)17-10/h5,16H,3-4,6-7,13H2,1-2H3. The van der Waals surface area contributed by atoms with Crippen molar-refractivity contribution in [3.8, 4) is 0 Å². The second kappa shape index (κ2) is 4.31. The van der Waals surface area contributed by atoms with Gasteiger partial charge in [0.1, 0.15) is 0 Å². The van der Waals surface area contributed by atoms with Crippen LogP contribution >= 0.6 is 11.3 Å². The molecule has 94 valence electrons. The van der Waals surface area contributed by atoms with E-state index in [0.717, 1.165) is 17.7 Å². The number of aryl methyl sites for hydroxylation is 1. The van der Waals surface area contributed by atoms with Gasteiger partial charge in [-0.3, -0.25) is 4.79 Å². The Morgan fingerprint density at radius 3 is 2.76 bits per heavy atom. The number of carbonyl (C=O) groups is 1. The van der Waals surface area contributed by atoms with Crippen LogP contribution in [0.15, 0.2) is 6.07 Å². The molecule has 0 bridgehead atoms. The zero-order valence-electron chi connectivity index (χ0n) is 10.2. The van der Waals surface area contributed by atoms with E-state index in [1.807, 2.05) is 13.8 Å². The summed E-state index contributed by atoms with van der Waals surface area (Å²) in [5.74, 6) is -0.0180. The van der Waals surface area contributed by atoms with Crippen LogP contribution in [0.1, 0.15) is 34.3 Å². The van der Waals surface area contributed by atoms with Gasteiger partial charge in [-0.15, -0.1) is 11.3 Å². The molecule has 1 saturated heterocycles. The first-order valence-corrected chi connectivity index (χ1v) is 6.64. The zero-order valence-corrected chi connectivity index (χ0v) is 11.0. The molecule has 1 fully saturated rings. The van der Waals surface area contributed by atoms with E-state index in [2.05, 4.69) is 0 Å². The highest BCUT2D eigenvalue weighted by atomic mass is 32.1. The van der Waals surface area contributed by atoms with E-state index in [0.29, 0.717) is 23.7 Å². The maximum absolute atomic E-state index is 12.1. The van der Waals surface area contributed by atoms with Gasteiger partial charge in [-0.05, 0) is 19.4 Å². The Morgan fingerprint density at radius 2 is 2.29 bits per heavy atom. The molecule has 0 saturated carbocycles. The first kappa shape index (κ1) is 12.4. The molecule has 5 heteroatoms. The lowest BCUT2D eigenvalue weighted by molar-refractivity contribution is -0.0858. The van der Waals surface area contributed by atoms with Gasteiger partial charge in [0.05, 0.1) is 23.6 Å². The first-order chi connectivity index (χ1) is 7.95. The summed E-state index contributed by atoms with van der Waals surface area (Å²) >= 11 is 1.42. The van der Waals surface area contributed by atoms with E-state index in [4.69, 9.17) is 5.73 Å². The van der Waals surface area contributed by atoms with E-state index in [1.165, 1.54) is 11.3 Å². The molecule has 1 aromatic heterocycles. The second-order valence-corrected chi connectivity index (χ2v) is 6.01. The zero-order chi connectivity index (χ0) is 12.6. The molecular formula is C12H18N2O2S. The third kappa shape index (κ3) is 2.30. The van der Waals surface area contributed by atoms with Gasteiger partial charge in [-0.1, -0.05) is 13.3 Å². The summed E-state index contributed by atoms with van der Waals surface area (Å²) in [7, 11) is 0. The van der Waals surface area contributed by atoms with Crippen molar-refractivity contribution in [2.24, 2.45) is 0 Å². The van der Waals surface area contributed by atoms with Crippen LogP contribution < -0.4 is 5.73 Å². The second-order valence-electron chi connectivity index (χ2n) is 4.76. The molecule has 2 heterocycles. The van der Waals surface area contributed by atoms with Gasteiger partial charge in [0.15, 0.2) is 0 Å². The molecule has 0 radical (unpaired) electrons.